The minimum Gasteiger partial charge on any atom is -0.353 e. The number of Topliss-reactive ketones (excluding diaryl/α,β-unsaturated/α-hetero) is 2. The van der Waals surface area contributed by atoms with E-state index in [9.17, 15) is 14.9 Å². The van der Waals surface area contributed by atoms with Gasteiger partial charge in [0.2, 0.25) is 0 Å². The van der Waals surface area contributed by atoms with Gasteiger partial charge in [-0.25, -0.2) is 0 Å². The van der Waals surface area contributed by atoms with E-state index in [0.717, 1.165) is 12.0 Å². The second-order valence-corrected chi connectivity index (χ2v) is 8.75. The lowest BCUT2D eigenvalue weighted by atomic mass is 9.81. The summed E-state index contributed by atoms with van der Waals surface area (Å²) in [5, 5.41) is 14.3. The van der Waals surface area contributed by atoms with Crippen LogP contribution in [0.2, 0.25) is 5.02 Å². The van der Waals surface area contributed by atoms with Gasteiger partial charge in [-0.1, -0.05) is 66.7 Å². The topological polar surface area (TPSA) is 70.0 Å². The summed E-state index contributed by atoms with van der Waals surface area (Å²) in [6, 6.07) is 17.1. The molecule has 0 fully saturated rings. The molecule has 2 aromatic carbocycles. The number of halogens is 1. The van der Waals surface area contributed by atoms with Gasteiger partial charge in [-0.2, -0.15) is 5.26 Å². The molecule has 0 aromatic heterocycles. The van der Waals surface area contributed by atoms with Gasteiger partial charge in [0.05, 0.1) is 28.3 Å². The summed E-state index contributed by atoms with van der Waals surface area (Å²) in [6.07, 6.45) is 0.911. The Morgan fingerprint density at radius 2 is 1.90 bits per heavy atom. The zero-order valence-electron chi connectivity index (χ0n) is 17.7. The maximum absolute atomic E-state index is 12.6. The van der Waals surface area contributed by atoms with Crippen molar-refractivity contribution in [3.8, 4) is 6.07 Å². The number of benzene rings is 2. The minimum absolute atomic E-state index is 0.0815. The Labute approximate surface area is 192 Å². The lowest BCUT2D eigenvalue weighted by Crippen LogP contribution is -2.27. The minimum atomic E-state index is -0.460. The second-order valence-electron chi connectivity index (χ2n) is 7.32. The van der Waals surface area contributed by atoms with Crippen LogP contribution in [0.1, 0.15) is 48.2 Å². The van der Waals surface area contributed by atoms with Gasteiger partial charge in [0.25, 0.3) is 0 Å². The van der Waals surface area contributed by atoms with Crippen LogP contribution in [0.15, 0.2) is 70.4 Å². The number of carbonyl (C=O) groups is 2. The monoisotopic (exact) mass is 450 g/mol. The number of aryl methyl sites for hydroxylation is 1. The number of nitrogens with one attached hydrogen (secondary N) is 1. The Balaban J connectivity index is 1.95. The summed E-state index contributed by atoms with van der Waals surface area (Å²) in [5.41, 5.74) is 4.33. The largest absolute Gasteiger partial charge is 0.353 e. The number of allylic oxidation sites excluding steroid dienone is 3. The predicted molar refractivity (Wildman–Crippen MR) is 126 cm³/mol. The number of nitriles is 1. The number of nitrogens with zero attached hydrogens (tertiary/aromatic N) is 1. The van der Waals surface area contributed by atoms with E-state index in [-0.39, 0.29) is 17.3 Å². The molecule has 158 valence electrons. The van der Waals surface area contributed by atoms with Crippen molar-refractivity contribution >= 4 is 34.9 Å². The molecule has 1 heterocycles. The number of hydrogen-bond donors (Lipinski definition) is 1. The van der Waals surface area contributed by atoms with Gasteiger partial charge in [-0.3, -0.25) is 9.59 Å². The van der Waals surface area contributed by atoms with Crippen LogP contribution in [-0.2, 0) is 11.2 Å². The van der Waals surface area contributed by atoms with Gasteiger partial charge in [0.1, 0.15) is 0 Å². The Morgan fingerprint density at radius 1 is 1.19 bits per heavy atom. The van der Waals surface area contributed by atoms with Crippen LogP contribution in [-0.4, -0.2) is 17.3 Å². The highest BCUT2D eigenvalue weighted by molar-refractivity contribution is 8.03. The molecule has 1 aliphatic rings. The first kappa shape index (κ1) is 22.9. The third-order valence-electron chi connectivity index (χ3n) is 5.24. The van der Waals surface area contributed by atoms with E-state index >= 15 is 0 Å². The van der Waals surface area contributed by atoms with Crippen molar-refractivity contribution in [2.45, 2.75) is 33.1 Å². The van der Waals surface area contributed by atoms with Gasteiger partial charge in [0, 0.05) is 21.9 Å². The van der Waals surface area contributed by atoms with Crippen LogP contribution < -0.4 is 5.32 Å². The summed E-state index contributed by atoms with van der Waals surface area (Å²) in [7, 11) is 0. The van der Waals surface area contributed by atoms with E-state index in [1.807, 2.05) is 31.2 Å². The zero-order chi connectivity index (χ0) is 22.5. The molecule has 1 atom stereocenters. The smallest absolute Gasteiger partial charge is 0.173 e. The molecule has 0 saturated carbocycles. The average Bonchev–Trinajstić information content (AvgIpc) is 2.76. The van der Waals surface area contributed by atoms with Crippen molar-refractivity contribution < 1.29 is 9.59 Å². The molecule has 0 amide bonds. The molecule has 0 saturated heterocycles. The predicted octanol–water partition coefficient (Wildman–Crippen LogP) is 5.80. The van der Waals surface area contributed by atoms with Crippen molar-refractivity contribution in [1.82, 2.24) is 5.32 Å². The molecular formula is C25H23ClN2O2S. The highest BCUT2D eigenvalue weighted by atomic mass is 35.5. The molecule has 31 heavy (non-hydrogen) atoms. The standard InChI is InChI=1S/C25H23ClN2O2S/c1-4-17-8-10-18(11-9-17)24-21(13-27)25(28-15(2)23(24)16(3)29)31-14-22(30)19-6-5-7-20(26)12-19/h5-12,24,28H,4,14H2,1-3H3/t24-/m1/s1. The third-order valence-corrected chi connectivity index (χ3v) is 6.49. The molecular weight excluding hydrogens is 428 g/mol. The van der Waals surface area contributed by atoms with E-state index in [4.69, 9.17) is 11.6 Å². The summed E-state index contributed by atoms with van der Waals surface area (Å²) < 4.78 is 0. The lowest BCUT2D eigenvalue weighted by Gasteiger charge is -2.29. The van der Waals surface area contributed by atoms with Gasteiger partial charge < -0.3 is 5.32 Å². The van der Waals surface area contributed by atoms with Crippen LogP contribution in [0.4, 0.5) is 0 Å². The number of hydrogen-bond acceptors (Lipinski definition) is 5. The van der Waals surface area contributed by atoms with Crippen LogP contribution >= 0.6 is 23.4 Å². The molecule has 0 bridgehead atoms. The van der Waals surface area contributed by atoms with Gasteiger partial charge in [-0.05, 0) is 43.5 Å². The van der Waals surface area contributed by atoms with E-state index in [1.165, 1.54) is 24.2 Å². The molecule has 0 spiro atoms. The van der Waals surface area contributed by atoms with E-state index < -0.39 is 5.92 Å². The third kappa shape index (κ3) is 5.10. The number of thioether (sulfide) groups is 1. The number of ketones is 2. The number of rotatable bonds is 7. The first-order valence-electron chi connectivity index (χ1n) is 9.99. The van der Waals surface area contributed by atoms with Crippen LogP contribution in [0.25, 0.3) is 0 Å². The fraction of sp³-hybridized carbons (Fsp3) is 0.240. The van der Waals surface area contributed by atoms with Crippen LogP contribution in [0.3, 0.4) is 0 Å². The second kappa shape index (κ2) is 10.00. The van der Waals surface area contributed by atoms with Gasteiger partial charge >= 0.3 is 0 Å². The summed E-state index contributed by atoms with van der Waals surface area (Å²) in [5.74, 6) is -0.473. The maximum atomic E-state index is 12.6. The fourth-order valence-electron chi connectivity index (χ4n) is 3.66. The molecule has 4 nitrogen and oxygen atoms in total. The molecule has 0 radical (unpaired) electrons. The first-order valence-corrected chi connectivity index (χ1v) is 11.4. The normalized spacial score (nSPS) is 16.0. The zero-order valence-corrected chi connectivity index (χ0v) is 19.2. The van der Waals surface area contributed by atoms with E-state index in [0.29, 0.717) is 32.5 Å². The molecule has 0 unspecified atom stereocenters. The summed E-state index contributed by atoms with van der Waals surface area (Å²) in [6.45, 7) is 5.43. The SMILES string of the molecule is CCc1ccc([C@@H]2C(C#N)=C(SCC(=O)c3cccc(Cl)c3)NC(C)=C2C(C)=O)cc1. The van der Waals surface area contributed by atoms with Crippen molar-refractivity contribution in [2.24, 2.45) is 0 Å². The van der Waals surface area contributed by atoms with Crippen molar-refractivity contribution in [2.75, 3.05) is 5.75 Å². The summed E-state index contributed by atoms with van der Waals surface area (Å²) in [4.78, 5) is 25.1. The van der Waals surface area contributed by atoms with E-state index in [2.05, 4.69) is 18.3 Å². The highest BCUT2D eigenvalue weighted by Crippen LogP contribution is 2.41. The molecule has 3 rings (SSSR count). The number of carbonyl (C=O) groups excluding carboxylic acids is 2. The first-order chi connectivity index (χ1) is 14.8. The van der Waals surface area contributed by atoms with Gasteiger partial charge in [0.15, 0.2) is 11.6 Å². The van der Waals surface area contributed by atoms with Crippen molar-refractivity contribution in [3.63, 3.8) is 0 Å². The molecule has 1 N–H and O–H groups in total. The Morgan fingerprint density at radius 3 is 2.48 bits per heavy atom. The Hall–Kier alpha value is -2.81. The molecule has 0 aliphatic carbocycles. The van der Waals surface area contributed by atoms with E-state index in [1.54, 1.807) is 24.3 Å². The fourth-order valence-corrected chi connectivity index (χ4v) is 4.83. The quantitative estimate of drug-likeness (QED) is 0.539. The Kier molecular flexibility index (Phi) is 7.37. The van der Waals surface area contributed by atoms with Crippen molar-refractivity contribution in [1.29, 1.82) is 5.26 Å². The van der Waals surface area contributed by atoms with Gasteiger partial charge in [-0.15, -0.1) is 0 Å². The highest BCUT2D eigenvalue weighted by Gasteiger charge is 2.33. The van der Waals surface area contributed by atoms with Crippen LogP contribution in [0, 0.1) is 11.3 Å². The maximum Gasteiger partial charge on any atom is 0.173 e. The lowest BCUT2D eigenvalue weighted by molar-refractivity contribution is -0.113. The van der Waals surface area contributed by atoms with Crippen molar-refractivity contribution in [3.05, 3.63) is 92.1 Å². The molecule has 2 aromatic rings. The molecule has 6 heteroatoms. The average molecular weight is 451 g/mol. The van der Waals surface area contributed by atoms with Crippen LogP contribution in [0.5, 0.6) is 0 Å². The summed E-state index contributed by atoms with van der Waals surface area (Å²) >= 11 is 7.27. The molecule has 1 aliphatic heterocycles. The number of dihydropyridines is 1. The Bertz CT molecular complexity index is 1130.